The summed E-state index contributed by atoms with van der Waals surface area (Å²) in [6, 6.07) is 0. The fraction of sp³-hybridized carbons (Fsp3) is 0.846. The quantitative estimate of drug-likeness (QED) is 0.777. The van der Waals surface area contributed by atoms with Crippen LogP contribution in [-0.4, -0.2) is 40.8 Å². The lowest BCUT2D eigenvalue weighted by Gasteiger charge is -2.49. The number of aliphatic carboxylic acids is 1. The first-order valence-corrected chi connectivity index (χ1v) is 6.48. The number of hydrogen-bond donors (Lipinski definition) is 1. The minimum Gasteiger partial charge on any atom is -0.481 e. The van der Waals surface area contributed by atoms with Crippen LogP contribution in [0.15, 0.2) is 0 Å². The molecule has 1 saturated heterocycles. The first-order valence-electron chi connectivity index (χ1n) is 6.48. The lowest BCUT2D eigenvalue weighted by molar-refractivity contribution is -0.154. The van der Waals surface area contributed by atoms with E-state index in [1.165, 1.54) is 0 Å². The Morgan fingerprint density at radius 2 is 2.00 bits per heavy atom. The molecule has 1 heterocycles. The predicted octanol–water partition coefficient (Wildman–Crippen LogP) is 1.96. The van der Waals surface area contributed by atoms with Crippen molar-refractivity contribution in [2.24, 2.45) is 17.8 Å². The molecule has 102 valence electrons. The van der Waals surface area contributed by atoms with Crippen LogP contribution in [0.2, 0.25) is 0 Å². The predicted molar refractivity (Wildman–Crippen MR) is 65.1 cm³/mol. The zero-order valence-electron chi connectivity index (χ0n) is 11.2. The van der Waals surface area contributed by atoms with Gasteiger partial charge in [0.05, 0.1) is 5.92 Å². The van der Waals surface area contributed by atoms with Crippen molar-refractivity contribution in [1.82, 2.24) is 4.90 Å². The number of likely N-dealkylation sites (tertiary alicyclic amines) is 1. The normalized spacial score (nSPS) is 31.3. The van der Waals surface area contributed by atoms with Crippen molar-refractivity contribution in [2.75, 3.05) is 13.1 Å². The monoisotopic (exact) mass is 255 g/mol. The average molecular weight is 255 g/mol. The summed E-state index contributed by atoms with van der Waals surface area (Å²) in [6.07, 6.45) is 1.34. The highest BCUT2D eigenvalue weighted by Gasteiger charge is 2.48. The molecule has 0 spiro atoms. The van der Waals surface area contributed by atoms with E-state index in [1.54, 1.807) is 4.90 Å². The molecular weight excluding hydrogens is 234 g/mol. The van der Waals surface area contributed by atoms with Crippen molar-refractivity contribution in [2.45, 2.75) is 39.2 Å². The molecule has 1 amide bonds. The molecule has 5 heteroatoms. The highest BCUT2D eigenvalue weighted by molar-refractivity contribution is 5.72. The van der Waals surface area contributed by atoms with Gasteiger partial charge >= 0.3 is 12.1 Å². The van der Waals surface area contributed by atoms with Gasteiger partial charge in [0.2, 0.25) is 0 Å². The third kappa shape index (κ3) is 2.60. The van der Waals surface area contributed by atoms with Crippen LogP contribution in [0, 0.1) is 17.8 Å². The van der Waals surface area contributed by atoms with Crippen LogP contribution < -0.4 is 0 Å². The van der Waals surface area contributed by atoms with Gasteiger partial charge in [-0.05, 0) is 45.4 Å². The Hall–Kier alpha value is -1.26. The summed E-state index contributed by atoms with van der Waals surface area (Å²) in [5.41, 5.74) is -0.500. The van der Waals surface area contributed by atoms with Crippen molar-refractivity contribution in [3.8, 4) is 0 Å². The van der Waals surface area contributed by atoms with Gasteiger partial charge in [-0.2, -0.15) is 0 Å². The summed E-state index contributed by atoms with van der Waals surface area (Å²) >= 11 is 0. The smallest absolute Gasteiger partial charge is 0.410 e. The van der Waals surface area contributed by atoms with E-state index < -0.39 is 11.6 Å². The maximum absolute atomic E-state index is 11.9. The van der Waals surface area contributed by atoms with Crippen molar-refractivity contribution in [3.63, 3.8) is 0 Å². The second-order valence-corrected chi connectivity index (χ2v) is 6.32. The van der Waals surface area contributed by atoms with Gasteiger partial charge in [-0.15, -0.1) is 0 Å². The highest BCUT2D eigenvalue weighted by atomic mass is 16.6. The lowest BCUT2D eigenvalue weighted by atomic mass is 9.62. The van der Waals surface area contributed by atoms with Crippen LogP contribution in [0.1, 0.15) is 33.6 Å². The molecular formula is C13H21NO4. The van der Waals surface area contributed by atoms with E-state index in [0.29, 0.717) is 19.0 Å². The van der Waals surface area contributed by atoms with Crippen LogP contribution in [-0.2, 0) is 9.53 Å². The van der Waals surface area contributed by atoms with E-state index in [4.69, 9.17) is 9.84 Å². The van der Waals surface area contributed by atoms with E-state index in [1.807, 2.05) is 20.8 Å². The van der Waals surface area contributed by atoms with Crippen molar-refractivity contribution in [3.05, 3.63) is 0 Å². The number of amides is 1. The fourth-order valence-electron chi connectivity index (χ4n) is 2.86. The Balaban J connectivity index is 1.93. The van der Waals surface area contributed by atoms with Gasteiger partial charge in [0.25, 0.3) is 0 Å². The molecule has 1 saturated carbocycles. The molecule has 0 radical (unpaired) electrons. The number of carboxylic acids is 1. The van der Waals surface area contributed by atoms with Gasteiger partial charge in [0.15, 0.2) is 0 Å². The molecule has 1 N–H and O–H groups in total. The molecule has 2 rings (SSSR count). The third-order valence-electron chi connectivity index (χ3n) is 3.85. The summed E-state index contributed by atoms with van der Waals surface area (Å²) in [5, 5.41) is 9.05. The third-order valence-corrected chi connectivity index (χ3v) is 3.85. The Kier molecular flexibility index (Phi) is 3.25. The number of fused-ring (bicyclic) bond motifs is 1. The van der Waals surface area contributed by atoms with Crippen LogP contribution >= 0.6 is 0 Å². The molecule has 2 fully saturated rings. The number of carbonyl (C=O) groups is 2. The Morgan fingerprint density at radius 3 is 2.56 bits per heavy atom. The summed E-state index contributed by atoms with van der Waals surface area (Å²) in [7, 11) is 0. The summed E-state index contributed by atoms with van der Waals surface area (Å²) in [6.45, 7) is 6.71. The number of carbonyl (C=O) groups excluding carboxylic acids is 1. The van der Waals surface area contributed by atoms with Crippen LogP contribution in [0.3, 0.4) is 0 Å². The number of carboxylic acid groups (broad SMARTS) is 1. The van der Waals surface area contributed by atoms with E-state index >= 15 is 0 Å². The number of nitrogens with zero attached hydrogens (tertiary/aromatic N) is 1. The molecule has 18 heavy (non-hydrogen) atoms. The highest BCUT2D eigenvalue weighted by Crippen LogP contribution is 2.45. The minimum atomic E-state index is -0.734. The van der Waals surface area contributed by atoms with Crippen molar-refractivity contribution < 1.29 is 19.4 Å². The number of hydrogen-bond acceptors (Lipinski definition) is 3. The summed E-state index contributed by atoms with van der Waals surface area (Å²) in [5.74, 6) is -0.420. The average Bonchev–Trinajstić information content (AvgIpc) is 2.16. The second-order valence-electron chi connectivity index (χ2n) is 6.32. The molecule has 5 nitrogen and oxygen atoms in total. The van der Waals surface area contributed by atoms with Gasteiger partial charge in [0, 0.05) is 13.1 Å². The van der Waals surface area contributed by atoms with E-state index in [-0.39, 0.29) is 17.9 Å². The number of piperidine rings is 1. The molecule has 3 atom stereocenters. The summed E-state index contributed by atoms with van der Waals surface area (Å²) in [4.78, 5) is 24.6. The standard InChI is InChI=1S/C13H21NO4/c1-13(2,3)18-12(17)14-5-4-8-6-9(11(15)16)10(8)7-14/h8-10H,4-7H2,1-3H3,(H,15,16)/t8-,9-,10-/m1/s1. The Morgan fingerprint density at radius 1 is 1.33 bits per heavy atom. The van der Waals surface area contributed by atoms with E-state index in [2.05, 4.69) is 0 Å². The molecule has 2 aliphatic rings. The van der Waals surface area contributed by atoms with Gasteiger partial charge in [-0.1, -0.05) is 0 Å². The van der Waals surface area contributed by atoms with Gasteiger partial charge in [-0.3, -0.25) is 4.79 Å². The number of ether oxygens (including phenoxy) is 1. The zero-order valence-corrected chi connectivity index (χ0v) is 11.2. The Bertz CT molecular complexity index is 360. The summed E-state index contributed by atoms with van der Waals surface area (Å²) < 4.78 is 5.32. The maximum Gasteiger partial charge on any atom is 0.410 e. The fourth-order valence-corrected chi connectivity index (χ4v) is 2.86. The maximum atomic E-state index is 11.9. The molecule has 0 aromatic rings. The lowest BCUT2D eigenvalue weighted by Crippen LogP contribution is -2.54. The van der Waals surface area contributed by atoms with E-state index in [9.17, 15) is 9.59 Å². The first-order chi connectivity index (χ1) is 8.28. The number of rotatable bonds is 1. The molecule has 1 aliphatic heterocycles. The van der Waals surface area contributed by atoms with Crippen LogP contribution in [0.5, 0.6) is 0 Å². The van der Waals surface area contributed by atoms with Crippen molar-refractivity contribution >= 4 is 12.1 Å². The van der Waals surface area contributed by atoms with Gasteiger partial charge in [-0.25, -0.2) is 4.79 Å². The zero-order chi connectivity index (χ0) is 13.5. The van der Waals surface area contributed by atoms with E-state index in [0.717, 1.165) is 12.8 Å². The van der Waals surface area contributed by atoms with Crippen molar-refractivity contribution in [1.29, 1.82) is 0 Å². The SMILES string of the molecule is CC(C)(C)OC(=O)N1CC[C@@H]2C[C@@H](C(=O)O)[C@@H]2C1. The Labute approximate surface area is 107 Å². The second kappa shape index (κ2) is 4.44. The molecule has 0 aromatic heterocycles. The molecule has 0 aromatic carbocycles. The van der Waals surface area contributed by atoms with Gasteiger partial charge < -0.3 is 14.7 Å². The van der Waals surface area contributed by atoms with Crippen LogP contribution in [0.25, 0.3) is 0 Å². The topological polar surface area (TPSA) is 66.8 Å². The van der Waals surface area contributed by atoms with Crippen LogP contribution in [0.4, 0.5) is 4.79 Å². The molecule has 1 aliphatic carbocycles. The molecule has 0 bridgehead atoms. The minimum absolute atomic E-state index is 0.115. The first kappa shape index (κ1) is 13.2. The largest absolute Gasteiger partial charge is 0.481 e. The molecule has 0 unspecified atom stereocenters. The van der Waals surface area contributed by atoms with Gasteiger partial charge in [0.1, 0.15) is 5.60 Å².